The highest BCUT2D eigenvalue weighted by molar-refractivity contribution is 5.79. The fourth-order valence-electron chi connectivity index (χ4n) is 3.24. The number of hydrogen-bond acceptors (Lipinski definition) is 3. The van der Waals surface area contributed by atoms with Crippen LogP contribution in [0.4, 0.5) is 8.78 Å². The molecule has 7 heteroatoms. The molecule has 26 heavy (non-hydrogen) atoms. The van der Waals surface area contributed by atoms with E-state index < -0.39 is 6.61 Å². The van der Waals surface area contributed by atoms with Gasteiger partial charge in [-0.3, -0.25) is 4.99 Å². The lowest BCUT2D eigenvalue weighted by molar-refractivity contribution is -0.0504. The molecular formula is C19H30F2N4O. The van der Waals surface area contributed by atoms with E-state index in [1.54, 1.807) is 31.3 Å². The number of hydrogen-bond donors (Lipinski definition) is 2. The van der Waals surface area contributed by atoms with Crippen molar-refractivity contribution >= 4 is 5.96 Å². The van der Waals surface area contributed by atoms with Crippen LogP contribution in [0.25, 0.3) is 0 Å². The molecule has 2 rings (SSSR count). The van der Waals surface area contributed by atoms with Crippen LogP contribution in [0, 0.1) is 0 Å². The molecule has 1 heterocycles. The third kappa shape index (κ3) is 6.78. The van der Waals surface area contributed by atoms with Gasteiger partial charge in [0, 0.05) is 38.3 Å². The molecule has 1 aromatic carbocycles. The van der Waals surface area contributed by atoms with Crippen LogP contribution in [-0.4, -0.2) is 50.2 Å². The van der Waals surface area contributed by atoms with E-state index in [4.69, 9.17) is 0 Å². The average Bonchev–Trinajstić information content (AvgIpc) is 2.63. The second-order valence-electron chi connectivity index (χ2n) is 6.57. The first-order chi connectivity index (χ1) is 12.6. The molecule has 2 N–H and O–H groups in total. The zero-order valence-electron chi connectivity index (χ0n) is 15.7. The Morgan fingerprint density at radius 2 is 2.12 bits per heavy atom. The number of ether oxygens (including phenoxy) is 1. The summed E-state index contributed by atoms with van der Waals surface area (Å²) in [6, 6.07) is 7.45. The highest BCUT2D eigenvalue weighted by Gasteiger charge is 2.17. The maximum Gasteiger partial charge on any atom is 0.387 e. The molecule has 0 amide bonds. The van der Waals surface area contributed by atoms with Crippen molar-refractivity contribution in [3.05, 3.63) is 29.8 Å². The minimum Gasteiger partial charge on any atom is -0.434 e. The van der Waals surface area contributed by atoms with Crippen LogP contribution >= 0.6 is 0 Å². The first kappa shape index (κ1) is 20.4. The van der Waals surface area contributed by atoms with Gasteiger partial charge in [0.15, 0.2) is 5.96 Å². The lowest BCUT2D eigenvalue weighted by Crippen LogP contribution is -2.41. The van der Waals surface area contributed by atoms with E-state index in [9.17, 15) is 8.78 Å². The van der Waals surface area contributed by atoms with Crippen LogP contribution < -0.4 is 15.4 Å². The molecule has 0 radical (unpaired) electrons. The van der Waals surface area contributed by atoms with Crippen molar-refractivity contribution in [1.82, 2.24) is 15.5 Å². The van der Waals surface area contributed by atoms with E-state index in [1.807, 2.05) is 0 Å². The van der Waals surface area contributed by atoms with Crippen molar-refractivity contribution in [2.24, 2.45) is 4.99 Å². The van der Waals surface area contributed by atoms with Gasteiger partial charge >= 0.3 is 6.61 Å². The molecule has 0 aliphatic carbocycles. The number of piperidine rings is 1. The molecule has 1 saturated heterocycles. The third-order valence-electron chi connectivity index (χ3n) is 4.71. The van der Waals surface area contributed by atoms with Gasteiger partial charge in [0.1, 0.15) is 5.75 Å². The Hall–Kier alpha value is -1.89. The maximum atomic E-state index is 12.5. The topological polar surface area (TPSA) is 48.9 Å². The summed E-state index contributed by atoms with van der Waals surface area (Å²) < 4.78 is 29.5. The molecule has 1 atom stereocenters. The molecule has 1 aromatic rings. The van der Waals surface area contributed by atoms with Gasteiger partial charge in [0.2, 0.25) is 0 Å². The van der Waals surface area contributed by atoms with Crippen molar-refractivity contribution in [1.29, 1.82) is 0 Å². The molecule has 0 aromatic heterocycles. The van der Waals surface area contributed by atoms with Gasteiger partial charge in [-0.2, -0.15) is 8.78 Å². The van der Waals surface area contributed by atoms with E-state index in [-0.39, 0.29) is 5.75 Å². The Bertz CT molecular complexity index is 568. The summed E-state index contributed by atoms with van der Waals surface area (Å²) in [4.78, 5) is 6.73. The van der Waals surface area contributed by atoms with E-state index >= 15 is 0 Å². The molecular weight excluding hydrogens is 338 g/mol. The predicted octanol–water partition coefficient (Wildman–Crippen LogP) is 3.22. The number of alkyl halides is 2. The summed E-state index contributed by atoms with van der Waals surface area (Å²) in [5, 5.41) is 6.42. The van der Waals surface area contributed by atoms with Crippen LogP contribution in [0.3, 0.4) is 0 Å². The molecule has 146 valence electrons. The first-order valence-electron chi connectivity index (χ1n) is 9.31. The number of benzene rings is 1. The maximum absolute atomic E-state index is 12.5. The SMILES string of the molecule is CN=C(NCCCN1CCCCC1C)NCc1ccccc1OC(F)F. The van der Waals surface area contributed by atoms with Gasteiger partial charge in [-0.05, 0) is 38.8 Å². The zero-order chi connectivity index (χ0) is 18.8. The molecule has 1 unspecified atom stereocenters. The standard InChI is InChI=1S/C19H30F2N4O/c1-15-8-5-6-12-25(15)13-7-11-23-19(22-2)24-14-16-9-3-4-10-17(16)26-18(20)21/h3-4,9-10,15,18H,5-8,11-14H2,1-2H3,(H2,22,23,24). The van der Waals surface area contributed by atoms with Crippen LogP contribution in [0.2, 0.25) is 0 Å². The molecule has 1 fully saturated rings. The average molecular weight is 368 g/mol. The number of halogens is 2. The highest BCUT2D eigenvalue weighted by atomic mass is 19.3. The van der Waals surface area contributed by atoms with E-state index in [0.717, 1.165) is 19.5 Å². The summed E-state index contributed by atoms with van der Waals surface area (Å²) >= 11 is 0. The lowest BCUT2D eigenvalue weighted by Gasteiger charge is -2.33. The van der Waals surface area contributed by atoms with Gasteiger partial charge in [-0.25, -0.2) is 0 Å². The Morgan fingerprint density at radius 3 is 2.85 bits per heavy atom. The molecule has 0 spiro atoms. The fraction of sp³-hybridized carbons (Fsp3) is 0.632. The lowest BCUT2D eigenvalue weighted by atomic mass is 10.0. The predicted molar refractivity (Wildman–Crippen MR) is 101 cm³/mol. The van der Waals surface area contributed by atoms with Crippen LogP contribution in [0.5, 0.6) is 5.75 Å². The minimum atomic E-state index is -2.83. The summed E-state index contributed by atoms with van der Waals surface area (Å²) in [5.41, 5.74) is 0.665. The number of rotatable bonds is 8. The number of likely N-dealkylation sites (tertiary alicyclic amines) is 1. The van der Waals surface area contributed by atoms with E-state index in [1.165, 1.54) is 25.8 Å². The van der Waals surface area contributed by atoms with Crippen molar-refractivity contribution in [3.63, 3.8) is 0 Å². The quantitative estimate of drug-likeness (QED) is 0.420. The number of aliphatic imine (C=N–C) groups is 1. The van der Waals surface area contributed by atoms with Gasteiger partial charge in [-0.15, -0.1) is 0 Å². The summed E-state index contributed by atoms with van der Waals surface area (Å²) in [7, 11) is 1.70. The van der Waals surface area contributed by atoms with Crippen LogP contribution in [0.1, 0.15) is 38.2 Å². The van der Waals surface area contributed by atoms with Gasteiger partial charge in [0.05, 0.1) is 0 Å². The normalized spacial score (nSPS) is 18.8. The van der Waals surface area contributed by atoms with E-state index in [2.05, 4.69) is 32.2 Å². The van der Waals surface area contributed by atoms with Crippen molar-refractivity contribution in [3.8, 4) is 5.75 Å². The molecule has 1 aliphatic rings. The number of nitrogens with zero attached hydrogens (tertiary/aromatic N) is 2. The minimum absolute atomic E-state index is 0.185. The number of para-hydroxylation sites is 1. The van der Waals surface area contributed by atoms with Crippen LogP contribution in [0.15, 0.2) is 29.3 Å². The Labute approximate surface area is 154 Å². The smallest absolute Gasteiger partial charge is 0.387 e. The van der Waals surface area contributed by atoms with Gasteiger partial charge < -0.3 is 20.3 Å². The second-order valence-corrected chi connectivity index (χ2v) is 6.57. The summed E-state index contributed by atoms with van der Waals surface area (Å²) in [6.07, 6.45) is 4.96. The second kappa shape index (κ2) is 11.0. The Balaban J connectivity index is 1.73. The first-order valence-corrected chi connectivity index (χ1v) is 9.31. The number of nitrogens with one attached hydrogen (secondary N) is 2. The van der Waals surface area contributed by atoms with E-state index in [0.29, 0.717) is 24.1 Å². The Morgan fingerprint density at radius 1 is 1.31 bits per heavy atom. The zero-order valence-corrected chi connectivity index (χ0v) is 15.7. The van der Waals surface area contributed by atoms with Crippen LogP contribution in [-0.2, 0) is 6.54 Å². The van der Waals surface area contributed by atoms with Crippen molar-refractivity contribution in [2.75, 3.05) is 26.7 Å². The Kier molecular flexibility index (Phi) is 8.61. The largest absolute Gasteiger partial charge is 0.434 e. The highest BCUT2D eigenvalue weighted by Crippen LogP contribution is 2.20. The van der Waals surface area contributed by atoms with Gasteiger partial charge in [-0.1, -0.05) is 24.6 Å². The third-order valence-corrected chi connectivity index (χ3v) is 4.71. The van der Waals surface area contributed by atoms with Crippen molar-refractivity contribution < 1.29 is 13.5 Å². The molecule has 5 nitrogen and oxygen atoms in total. The fourth-order valence-corrected chi connectivity index (χ4v) is 3.24. The number of guanidine groups is 1. The summed E-state index contributed by atoms with van der Waals surface area (Å²) in [5.74, 6) is 0.841. The molecule has 0 bridgehead atoms. The molecule has 1 aliphatic heterocycles. The van der Waals surface area contributed by atoms with Crippen molar-refractivity contribution in [2.45, 2.75) is 51.8 Å². The monoisotopic (exact) mass is 368 g/mol. The van der Waals surface area contributed by atoms with Gasteiger partial charge in [0.25, 0.3) is 0 Å². The summed E-state index contributed by atoms with van der Waals surface area (Å²) in [6.45, 7) is 2.92. The molecule has 0 saturated carbocycles.